The fourth-order valence-corrected chi connectivity index (χ4v) is 6.93. The van der Waals surface area contributed by atoms with Gasteiger partial charge >= 0.3 is 5.92 Å². The first-order valence-corrected chi connectivity index (χ1v) is 16.7. The molecule has 4 aliphatic heterocycles. The van der Waals surface area contributed by atoms with Gasteiger partial charge in [0.05, 0.1) is 31.4 Å². The number of hydrogen-bond acceptors (Lipinski definition) is 12. The fraction of sp³-hybridized carbons (Fsp3) is 0.438. The Bertz CT molecular complexity index is 1710. The van der Waals surface area contributed by atoms with Crippen molar-refractivity contribution in [1.29, 1.82) is 5.26 Å². The van der Waals surface area contributed by atoms with Gasteiger partial charge in [0.2, 0.25) is 11.9 Å². The van der Waals surface area contributed by atoms with E-state index < -0.39 is 30.5 Å². The molecule has 2 atom stereocenters. The minimum Gasteiger partial charge on any atom is -0.483 e. The molecule has 2 aromatic carbocycles. The Hall–Kier alpha value is -4.59. The molecule has 4 saturated heterocycles. The zero-order valence-electron chi connectivity index (χ0n) is 25.8. The van der Waals surface area contributed by atoms with E-state index in [4.69, 9.17) is 9.47 Å². The summed E-state index contributed by atoms with van der Waals surface area (Å²) in [4.78, 5) is 43.0. The molecule has 5 heterocycles. The van der Waals surface area contributed by atoms with E-state index in [1.807, 2.05) is 18.2 Å². The number of amides is 2. The molecule has 0 radical (unpaired) electrons. The van der Waals surface area contributed by atoms with E-state index in [0.717, 1.165) is 67.4 Å². The molecule has 2 N–H and O–H groups in total. The first kappa shape index (κ1) is 32.0. The van der Waals surface area contributed by atoms with E-state index in [2.05, 4.69) is 47.5 Å². The highest BCUT2D eigenvalue weighted by Gasteiger charge is 2.49. The Labute approximate surface area is 279 Å². The molecule has 16 heteroatoms. The number of likely N-dealkylation sites (tertiary alicyclic amines) is 1. The van der Waals surface area contributed by atoms with Crippen molar-refractivity contribution in [3.05, 3.63) is 54.4 Å². The topological polar surface area (TPSA) is 149 Å². The van der Waals surface area contributed by atoms with Gasteiger partial charge in [-0.05, 0) is 42.5 Å². The summed E-state index contributed by atoms with van der Waals surface area (Å²) >= 11 is 0.950. The first-order chi connectivity index (χ1) is 23.3. The predicted octanol–water partition coefficient (Wildman–Crippen LogP) is 3.11. The molecule has 4 fully saturated rings. The van der Waals surface area contributed by atoms with E-state index in [9.17, 15) is 14.9 Å². The number of benzene rings is 2. The van der Waals surface area contributed by atoms with Gasteiger partial charge in [-0.25, -0.2) is 18.7 Å². The Morgan fingerprint density at radius 3 is 2.56 bits per heavy atom. The number of halogens is 2. The van der Waals surface area contributed by atoms with Crippen LogP contribution >= 0.6 is 11.8 Å². The highest BCUT2D eigenvalue weighted by atomic mass is 32.2. The van der Waals surface area contributed by atoms with Gasteiger partial charge in [-0.15, -0.1) is 0 Å². The van der Waals surface area contributed by atoms with Gasteiger partial charge in [-0.1, -0.05) is 11.8 Å². The summed E-state index contributed by atoms with van der Waals surface area (Å²) in [6.45, 7) is 4.79. The number of rotatable bonds is 8. The van der Waals surface area contributed by atoms with Crippen molar-refractivity contribution < 1.29 is 27.8 Å². The lowest BCUT2D eigenvalue weighted by Gasteiger charge is -2.43. The zero-order valence-corrected chi connectivity index (χ0v) is 26.7. The first-order valence-electron chi connectivity index (χ1n) is 15.7. The second-order valence-electron chi connectivity index (χ2n) is 12.1. The standard InChI is InChI=1S/C32H33F2N9O4S/c33-32(34)18-43(29(44)25-17-48-31(45)39-25)8-7-27(32)47-26-6-1-20(13-21(26)14-35)28-36-19-37-30(40-28)38-22-2-4-23(5-3-22)41-9-11-42(12-10-41)24-15-46-16-24/h1-6,13,19,24-25,27H,7-12,15-18H2,(H,39,45)(H,36,37,38,40). The highest BCUT2D eigenvalue weighted by Crippen LogP contribution is 2.34. The van der Waals surface area contributed by atoms with E-state index in [1.165, 1.54) is 18.5 Å². The van der Waals surface area contributed by atoms with Crippen LogP contribution < -0.4 is 20.3 Å². The number of piperazine rings is 1. The average Bonchev–Trinajstić information content (AvgIpc) is 3.51. The van der Waals surface area contributed by atoms with Crippen LogP contribution in [0.2, 0.25) is 0 Å². The van der Waals surface area contributed by atoms with Crippen molar-refractivity contribution in [3.8, 4) is 23.2 Å². The number of carbonyl (C=O) groups excluding carboxylic acids is 2. The lowest BCUT2D eigenvalue weighted by Crippen LogP contribution is -2.58. The van der Waals surface area contributed by atoms with Crippen LogP contribution in [0.3, 0.4) is 0 Å². The number of thioether (sulfide) groups is 1. The zero-order chi connectivity index (χ0) is 33.3. The van der Waals surface area contributed by atoms with Crippen LogP contribution in [0.25, 0.3) is 11.4 Å². The molecule has 3 aromatic rings. The van der Waals surface area contributed by atoms with Crippen molar-refractivity contribution >= 4 is 40.2 Å². The third kappa shape index (κ3) is 6.84. The van der Waals surface area contributed by atoms with Crippen LogP contribution in [-0.2, 0) is 9.53 Å². The fourth-order valence-electron chi connectivity index (χ4n) is 6.16. The van der Waals surface area contributed by atoms with Gasteiger partial charge in [0, 0.05) is 61.8 Å². The third-order valence-electron chi connectivity index (χ3n) is 8.96. The van der Waals surface area contributed by atoms with Crippen molar-refractivity contribution in [1.82, 2.24) is 30.1 Å². The van der Waals surface area contributed by atoms with Gasteiger partial charge in [-0.3, -0.25) is 14.5 Å². The highest BCUT2D eigenvalue weighted by molar-refractivity contribution is 8.14. The maximum atomic E-state index is 15.2. The molecular weight excluding hydrogens is 644 g/mol. The molecule has 0 spiro atoms. The molecule has 13 nitrogen and oxygen atoms in total. The Kier molecular flexibility index (Phi) is 8.99. The molecule has 0 saturated carbocycles. The smallest absolute Gasteiger partial charge is 0.301 e. The van der Waals surface area contributed by atoms with E-state index in [1.54, 1.807) is 6.07 Å². The number of aromatic nitrogens is 3. The SMILES string of the molecule is N#Cc1cc(-c2ncnc(Nc3ccc(N4CCN(C5COC5)CC4)cc3)n2)ccc1OC1CCN(C(=O)C2CSC(=O)N2)CC1(F)F. The minimum absolute atomic E-state index is 0.00359. The van der Waals surface area contributed by atoms with Gasteiger partial charge in [-0.2, -0.15) is 10.2 Å². The number of alkyl halides is 2. The van der Waals surface area contributed by atoms with Gasteiger partial charge in [0.25, 0.3) is 5.24 Å². The molecular formula is C32H33F2N9O4S. The second-order valence-corrected chi connectivity index (χ2v) is 13.0. The van der Waals surface area contributed by atoms with Crippen LogP contribution in [-0.4, -0.2) is 118 Å². The van der Waals surface area contributed by atoms with Gasteiger partial charge in [0.15, 0.2) is 11.9 Å². The Balaban J connectivity index is 0.972. The number of ether oxygens (including phenoxy) is 2. The van der Waals surface area contributed by atoms with Gasteiger partial charge < -0.3 is 29.9 Å². The lowest BCUT2D eigenvalue weighted by atomic mass is 10.0. The van der Waals surface area contributed by atoms with Crippen molar-refractivity contribution in [2.75, 3.05) is 68.5 Å². The van der Waals surface area contributed by atoms with Crippen molar-refractivity contribution in [3.63, 3.8) is 0 Å². The summed E-state index contributed by atoms with van der Waals surface area (Å²) in [6, 6.07) is 14.3. The predicted molar refractivity (Wildman–Crippen MR) is 173 cm³/mol. The maximum absolute atomic E-state index is 15.2. The van der Waals surface area contributed by atoms with Crippen LogP contribution in [0.5, 0.6) is 5.75 Å². The number of nitriles is 1. The summed E-state index contributed by atoms with van der Waals surface area (Å²) in [5.41, 5.74) is 2.46. The summed E-state index contributed by atoms with van der Waals surface area (Å²) in [5.74, 6) is -3.12. The molecule has 2 amide bonds. The molecule has 4 aliphatic rings. The molecule has 1 aromatic heterocycles. The quantitative estimate of drug-likeness (QED) is 0.361. The van der Waals surface area contributed by atoms with Crippen LogP contribution in [0.15, 0.2) is 48.8 Å². The Morgan fingerprint density at radius 2 is 1.90 bits per heavy atom. The molecule has 2 unspecified atom stereocenters. The van der Waals surface area contributed by atoms with Crippen LogP contribution in [0.1, 0.15) is 12.0 Å². The number of hydrogen-bond donors (Lipinski definition) is 2. The molecule has 48 heavy (non-hydrogen) atoms. The summed E-state index contributed by atoms with van der Waals surface area (Å²) in [7, 11) is 0. The van der Waals surface area contributed by atoms with Crippen molar-refractivity contribution in [2.45, 2.75) is 30.5 Å². The largest absolute Gasteiger partial charge is 0.483 e. The van der Waals surface area contributed by atoms with Crippen LogP contribution in [0.4, 0.5) is 30.9 Å². The minimum atomic E-state index is -3.37. The monoisotopic (exact) mass is 677 g/mol. The molecule has 7 rings (SSSR count). The Morgan fingerprint density at radius 1 is 1.10 bits per heavy atom. The normalized spacial score (nSPS) is 22.8. The molecule has 0 aliphatic carbocycles. The number of nitrogens with one attached hydrogen (secondary N) is 2. The molecule has 250 valence electrons. The number of carbonyl (C=O) groups is 2. The van der Waals surface area contributed by atoms with E-state index in [0.29, 0.717) is 17.6 Å². The lowest BCUT2D eigenvalue weighted by molar-refractivity contribution is -0.160. The summed E-state index contributed by atoms with van der Waals surface area (Å²) in [6.07, 6.45) is -0.332. The number of anilines is 3. The van der Waals surface area contributed by atoms with E-state index >= 15 is 8.78 Å². The van der Waals surface area contributed by atoms with Gasteiger partial charge in [0.1, 0.15) is 24.2 Å². The van der Waals surface area contributed by atoms with E-state index in [-0.39, 0.29) is 41.1 Å². The van der Waals surface area contributed by atoms with Crippen molar-refractivity contribution in [2.24, 2.45) is 0 Å². The second kappa shape index (κ2) is 13.5. The summed E-state index contributed by atoms with van der Waals surface area (Å²) < 4.78 is 41.3. The average molecular weight is 678 g/mol. The number of piperidine rings is 1. The molecule has 0 bridgehead atoms. The van der Waals surface area contributed by atoms with Crippen LogP contribution in [0, 0.1) is 11.3 Å². The third-order valence-corrected chi connectivity index (χ3v) is 9.84. The summed E-state index contributed by atoms with van der Waals surface area (Å²) in [5, 5.41) is 15.2. The maximum Gasteiger partial charge on any atom is 0.301 e. The number of nitrogens with zero attached hydrogens (tertiary/aromatic N) is 7.